The molecule has 0 saturated heterocycles. The van der Waals surface area contributed by atoms with E-state index in [1.807, 2.05) is 0 Å². The van der Waals surface area contributed by atoms with Crippen molar-refractivity contribution in [1.29, 1.82) is 0 Å². The van der Waals surface area contributed by atoms with Gasteiger partial charge in [0.1, 0.15) is 5.82 Å². The van der Waals surface area contributed by atoms with Crippen molar-refractivity contribution in [2.24, 2.45) is 0 Å². The molecule has 0 fully saturated rings. The Balaban J connectivity index is 2.31. The molecular formula is C11H6BrClF2N2. The first-order chi connectivity index (χ1) is 8.06. The molecule has 88 valence electrons. The fourth-order valence-electron chi connectivity index (χ4n) is 1.22. The molecule has 2 aromatic rings. The number of pyridine rings is 1. The maximum atomic E-state index is 13.5. The van der Waals surface area contributed by atoms with Crippen molar-refractivity contribution >= 4 is 39.0 Å². The van der Waals surface area contributed by atoms with Crippen LogP contribution in [-0.2, 0) is 0 Å². The molecule has 0 atom stereocenters. The first-order valence-corrected chi connectivity index (χ1v) is 5.76. The summed E-state index contributed by atoms with van der Waals surface area (Å²) in [4.78, 5) is 3.85. The fourth-order valence-corrected chi connectivity index (χ4v) is 1.74. The van der Waals surface area contributed by atoms with Crippen LogP contribution in [0.15, 0.2) is 34.9 Å². The second-order valence-electron chi connectivity index (χ2n) is 3.23. The summed E-state index contributed by atoms with van der Waals surface area (Å²) < 4.78 is 26.8. The van der Waals surface area contributed by atoms with Gasteiger partial charge in [-0.05, 0) is 40.2 Å². The standard InChI is InChI=1S/C11H6BrClF2N2/c12-6-3-9(15)11(16-5-6)17-10-2-1-7(14)4-8(10)13/h1-5H,(H,16,17). The third kappa shape index (κ3) is 2.92. The van der Waals surface area contributed by atoms with E-state index in [1.54, 1.807) is 0 Å². The number of nitrogens with one attached hydrogen (secondary N) is 1. The Labute approximate surface area is 110 Å². The zero-order valence-corrected chi connectivity index (χ0v) is 10.7. The molecule has 2 nitrogen and oxygen atoms in total. The highest BCUT2D eigenvalue weighted by molar-refractivity contribution is 9.10. The molecular weight excluding hydrogens is 313 g/mol. The predicted octanol–water partition coefficient (Wildman–Crippen LogP) is 4.52. The topological polar surface area (TPSA) is 24.9 Å². The van der Waals surface area contributed by atoms with Crippen molar-refractivity contribution < 1.29 is 8.78 Å². The van der Waals surface area contributed by atoms with E-state index in [1.165, 1.54) is 24.4 Å². The van der Waals surface area contributed by atoms with E-state index in [9.17, 15) is 8.78 Å². The molecule has 0 saturated carbocycles. The molecule has 1 aromatic heterocycles. The minimum Gasteiger partial charge on any atom is -0.337 e. The SMILES string of the molecule is Fc1ccc(Nc2ncc(Br)cc2F)c(Cl)c1. The van der Waals surface area contributed by atoms with Gasteiger partial charge in [-0.1, -0.05) is 11.6 Å². The molecule has 6 heteroatoms. The summed E-state index contributed by atoms with van der Waals surface area (Å²) in [6.45, 7) is 0. The average Bonchev–Trinajstić information content (AvgIpc) is 2.25. The lowest BCUT2D eigenvalue weighted by Crippen LogP contribution is -1.97. The molecule has 1 aromatic carbocycles. The van der Waals surface area contributed by atoms with Gasteiger partial charge >= 0.3 is 0 Å². The third-order valence-corrected chi connectivity index (χ3v) is 2.74. The van der Waals surface area contributed by atoms with Crippen LogP contribution in [0.1, 0.15) is 0 Å². The molecule has 0 aliphatic carbocycles. The smallest absolute Gasteiger partial charge is 0.166 e. The molecule has 2 rings (SSSR count). The Morgan fingerprint density at radius 2 is 2.00 bits per heavy atom. The van der Waals surface area contributed by atoms with Crippen LogP contribution >= 0.6 is 27.5 Å². The monoisotopic (exact) mass is 318 g/mol. The third-order valence-electron chi connectivity index (χ3n) is 1.99. The molecule has 0 amide bonds. The van der Waals surface area contributed by atoms with E-state index < -0.39 is 11.6 Å². The second kappa shape index (κ2) is 4.98. The maximum absolute atomic E-state index is 13.5. The lowest BCUT2D eigenvalue weighted by atomic mass is 10.3. The number of rotatable bonds is 2. The number of aromatic nitrogens is 1. The van der Waals surface area contributed by atoms with Gasteiger partial charge in [-0.25, -0.2) is 13.8 Å². The summed E-state index contributed by atoms with van der Waals surface area (Å²) in [5, 5.41) is 2.85. The van der Waals surface area contributed by atoms with E-state index in [-0.39, 0.29) is 10.8 Å². The largest absolute Gasteiger partial charge is 0.337 e. The lowest BCUT2D eigenvalue weighted by molar-refractivity contribution is 0.625. The van der Waals surface area contributed by atoms with Gasteiger partial charge in [0.15, 0.2) is 11.6 Å². The first kappa shape index (κ1) is 12.3. The quantitative estimate of drug-likeness (QED) is 0.880. The zero-order valence-electron chi connectivity index (χ0n) is 8.35. The van der Waals surface area contributed by atoms with Crippen molar-refractivity contribution in [2.45, 2.75) is 0 Å². The molecule has 0 radical (unpaired) electrons. The van der Waals surface area contributed by atoms with E-state index in [4.69, 9.17) is 11.6 Å². The summed E-state index contributed by atoms with van der Waals surface area (Å²) in [5.41, 5.74) is 0.391. The summed E-state index contributed by atoms with van der Waals surface area (Å²) in [6.07, 6.45) is 1.45. The van der Waals surface area contributed by atoms with Crippen LogP contribution in [0.5, 0.6) is 0 Å². The van der Waals surface area contributed by atoms with Gasteiger partial charge in [0.25, 0.3) is 0 Å². The Hall–Kier alpha value is -1.20. The van der Waals surface area contributed by atoms with Crippen molar-refractivity contribution in [3.05, 3.63) is 51.6 Å². The van der Waals surface area contributed by atoms with Crippen LogP contribution < -0.4 is 5.32 Å². The van der Waals surface area contributed by atoms with Crippen LogP contribution in [0.4, 0.5) is 20.3 Å². The fraction of sp³-hybridized carbons (Fsp3) is 0. The molecule has 0 aliphatic rings. The van der Waals surface area contributed by atoms with Gasteiger partial charge in [-0.15, -0.1) is 0 Å². The number of hydrogen-bond donors (Lipinski definition) is 1. The maximum Gasteiger partial charge on any atom is 0.166 e. The molecule has 1 N–H and O–H groups in total. The average molecular weight is 320 g/mol. The lowest BCUT2D eigenvalue weighted by Gasteiger charge is -2.08. The molecule has 0 bridgehead atoms. The Morgan fingerprint density at radius 3 is 2.65 bits per heavy atom. The zero-order chi connectivity index (χ0) is 12.4. The van der Waals surface area contributed by atoms with Crippen LogP contribution in [0.25, 0.3) is 0 Å². The summed E-state index contributed by atoms with van der Waals surface area (Å²) in [5.74, 6) is -0.953. The normalized spacial score (nSPS) is 10.4. The Bertz CT molecular complexity index is 514. The van der Waals surface area contributed by atoms with Gasteiger partial charge in [-0.2, -0.15) is 0 Å². The molecule has 0 aliphatic heterocycles. The van der Waals surface area contributed by atoms with Crippen molar-refractivity contribution in [2.75, 3.05) is 5.32 Å². The molecule has 17 heavy (non-hydrogen) atoms. The number of halogens is 4. The van der Waals surface area contributed by atoms with Gasteiger partial charge in [0.05, 0.1) is 10.7 Å². The number of hydrogen-bond acceptors (Lipinski definition) is 2. The summed E-state index contributed by atoms with van der Waals surface area (Å²) in [7, 11) is 0. The van der Waals surface area contributed by atoms with E-state index in [0.29, 0.717) is 10.2 Å². The van der Waals surface area contributed by atoms with E-state index in [0.717, 1.165) is 6.07 Å². The number of anilines is 2. The van der Waals surface area contributed by atoms with Crippen molar-refractivity contribution in [3.63, 3.8) is 0 Å². The minimum absolute atomic E-state index is 0.0294. The second-order valence-corrected chi connectivity index (χ2v) is 4.56. The predicted molar refractivity (Wildman–Crippen MR) is 66.6 cm³/mol. The van der Waals surface area contributed by atoms with Crippen LogP contribution in [0, 0.1) is 11.6 Å². The molecule has 0 spiro atoms. The highest BCUT2D eigenvalue weighted by Gasteiger charge is 2.07. The minimum atomic E-state index is -0.528. The Morgan fingerprint density at radius 1 is 1.24 bits per heavy atom. The number of benzene rings is 1. The van der Waals surface area contributed by atoms with Crippen LogP contribution in [0.2, 0.25) is 5.02 Å². The van der Waals surface area contributed by atoms with Gasteiger partial charge in [0.2, 0.25) is 0 Å². The van der Waals surface area contributed by atoms with Gasteiger partial charge < -0.3 is 5.32 Å². The highest BCUT2D eigenvalue weighted by atomic mass is 79.9. The highest BCUT2D eigenvalue weighted by Crippen LogP contribution is 2.27. The van der Waals surface area contributed by atoms with Crippen molar-refractivity contribution in [3.8, 4) is 0 Å². The molecule has 0 unspecified atom stereocenters. The first-order valence-electron chi connectivity index (χ1n) is 4.59. The van der Waals surface area contributed by atoms with Crippen LogP contribution in [-0.4, -0.2) is 4.98 Å². The number of nitrogens with zero attached hydrogens (tertiary/aromatic N) is 1. The Kier molecular flexibility index (Phi) is 3.59. The van der Waals surface area contributed by atoms with Gasteiger partial charge in [0, 0.05) is 10.7 Å². The van der Waals surface area contributed by atoms with Crippen LogP contribution in [0.3, 0.4) is 0 Å². The summed E-state index contributed by atoms with van der Waals surface area (Å²) >= 11 is 8.90. The van der Waals surface area contributed by atoms with Crippen molar-refractivity contribution in [1.82, 2.24) is 4.98 Å². The van der Waals surface area contributed by atoms with E-state index in [2.05, 4.69) is 26.2 Å². The van der Waals surface area contributed by atoms with E-state index >= 15 is 0 Å². The summed E-state index contributed by atoms with van der Waals surface area (Å²) in [6, 6.07) is 5.05. The molecule has 1 heterocycles. The van der Waals surface area contributed by atoms with Gasteiger partial charge in [-0.3, -0.25) is 0 Å².